The second kappa shape index (κ2) is 10.5. The summed E-state index contributed by atoms with van der Waals surface area (Å²) in [5.74, 6) is 0. The van der Waals surface area contributed by atoms with Crippen LogP contribution in [0.1, 0.15) is 61.8 Å². The molecular weight excluding hydrogens is 591 g/mol. The molecule has 0 aliphatic heterocycles. The molecule has 0 amide bonds. The fourth-order valence-electron chi connectivity index (χ4n) is 9.81. The fourth-order valence-corrected chi connectivity index (χ4v) is 9.81. The highest BCUT2D eigenvalue weighted by Gasteiger charge is 2.45. The summed E-state index contributed by atoms with van der Waals surface area (Å²) in [6, 6.07) is 57.0. The van der Waals surface area contributed by atoms with Crippen molar-refractivity contribution in [1.82, 2.24) is 0 Å². The molecule has 7 aromatic carbocycles. The van der Waals surface area contributed by atoms with Crippen molar-refractivity contribution in [2.45, 2.75) is 50.4 Å². The lowest BCUT2D eigenvalue weighted by atomic mass is 9.76. The molecule has 1 spiro atoms. The van der Waals surface area contributed by atoms with Crippen molar-refractivity contribution in [3.63, 3.8) is 0 Å². The van der Waals surface area contributed by atoms with Crippen LogP contribution in [0, 0.1) is 0 Å². The molecule has 1 nitrogen and oxygen atoms in total. The molecule has 0 saturated heterocycles. The van der Waals surface area contributed by atoms with Gasteiger partial charge in [0.25, 0.3) is 0 Å². The summed E-state index contributed by atoms with van der Waals surface area (Å²) in [4.78, 5) is 2.49. The minimum atomic E-state index is -0.0611. The molecule has 0 aromatic heterocycles. The number of benzene rings is 7. The van der Waals surface area contributed by atoms with Crippen LogP contribution in [0.15, 0.2) is 152 Å². The van der Waals surface area contributed by atoms with E-state index in [1.807, 2.05) is 0 Å². The van der Waals surface area contributed by atoms with Crippen LogP contribution in [0.3, 0.4) is 0 Å². The maximum Gasteiger partial charge on any atom is 0.0540 e. The second-order valence-electron chi connectivity index (χ2n) is 14.8. The van der Waals surface area contributed by atoms with E-state index in [9.17, 15) is 0 Å². The van der Waals surface area contributed by atoms with Gasteiger partial charge in [-0.2, -0.15) is 0 Å². The third-order valence-corrected chi connectivity index (χ3v) is 12.0. The Morgan fingerprint density at radius 2 is 1.06 bits per heavy atom. The lowest BCUT2D eigenvalue weighted by molar-refractivity contribution is 0.550. The first-order valence-corrected chi connectivity index (χ1v) is 17.9. The third-order valence-electron chi connectivity index (χ3n) is 12.0. The number of fused-ring (bicyclic) bond motifs is 9. The highest BCUT2D eigenvalue weighted by Crippen LogP contribution is 2.58. The molecule has 1 heteroatoms. The highest BCUT2D eigenvalue weighted by molar-refractivity contribution is 5.99. The lowest BCUT2D eigenvalue weighted by Gasteiger charge is -2.30. The zero-order valence-electron chi connectivity index (χ0n) is 28.2. The number of anilines is 3. The summed E-state index contributed by atoms with van der Waals surface area (Å²) in [6.45, 7) is 4.75. The van der Waals surface area contributed by atoms with Gasteiger partial charge in [-0.15, -0.1) is 0 Å². The highest BCUT2D eigenvalue weighted by atomic mass is 15.1. The molecular formula is C48H39N. The molecule has 0 heterocycles. The third kappa shape index (κ3) is 4.05. The van der Waals surface area contributed by atoms with Gasteiger partial charge in [0.2, 0.25) is 0 Å². The number of rotatable bonds is 4. The summed E-state index contributed by atoms with van der Waals surface area (Å²) in [7, 11) is 0. The van der Waals surface area contributed by atoms with Gasteiger partial charge in [-0.05, 0) is 104 Å². The second-order valence-corrected chi connectivity index (χ2v) is 14.8. The van der Waals surface area contributed by atoms with Crippen LogP contribution < -0.4 is 4.90 Å². The van der Waals surface area contributed by atoms with E-state index in [0.717, 1.165) is 0 Å². The average Bonchev–Trinajstić information content (AvgIpc) is 3.82. The predicted molar refractivity (Wildman–Crippen MR) is 206 cm³/mol. The van der Waals surface area contributed by atoms with Gasteiger partial charge in [0.1, 0.15) is 0 Å². The number of hydrogen-bond donors (Lipinski definition) is 0. The molecule has 0 bridgehead atoms. The summed E-state index contributed by atoms with van der Waals surface area (Å²) in [6.07, 6.45) is 5.03. The molecule has 7 aromatic rings. The van der Waals surface area contributed by atoms with E-state index in [4.69, 9.17) is 0 Å². The van der Waals surface area contributed by atoms with Crippen molar-refractivity contribution in [3.05, 3.63) is 174 Å². The van der Waals surface area contributed by atoms with Crippen molar-refractivity contribution >= 4 is 27.8 Å². The van der Waals surface area contributed by atoms with E-state index in [-0.39, 0.29) is 10.8 Å². The van der Waals surface area contributed by atoms with Gasteiger partial charge in [0.15, 0.2) is 0 Å². The van der Waals surface area contributed by atoms with Gasteiger partial charge >= 0.3 is 0 Å². The van der Waals surface area contributed by atoms with Gasteiger partial charge in [-0.1, -0.05) is 148 Å². The Bertz CT molecular complexity index is 2420. The van der Waals surface area contributed by atoms with Crippen LogP contribution >= 0.6 is 0 Å². The van der Waals surface area contributed by atoms with Gasteiger partial charge in [0.05, 0.1) is 5.69 Å². The topological polar surface area (TPSA) is 3.24 Å². The van der Waals surface area contributed by atoms with E-state index in [1.54, 1.807) is 0 Å². The first-order chi connectivity index (χ1) is 24.0. The van der Waals surface area contributed by atoms with Crippen LogP contribution in [0.5, 0.6) is 0 Å². The van der Waals surface area contributed by atoms with Gasteiger partial charge in [0, 0.05) is 27.6 Å². The summed E-state index contributed by atoms with van der Waals surface area (Å²) >= 11 is 0. The molecule has 0 N–H and O–H groups in total. The van der Waals surface area contributed by atoms with E-state index >= 15 is 0 Å². The van der Waals surface area contributed by atoms with Crippen molar-refractivity contribution < 1.29 is 0 Å². The quantitative estimate of drug-likeness (QED) is 0.187. The number of nitrogens with zero attached hydrogens (tertiary/aromatic N) is 1. The molecule has 1 saturated carbocycles. The Hall–Kier alpha value is -5.40. The standard InChI is InChI=1S/C48H39N/c1-47(2)42-20-7-5-17-39(42)41-19-12-18-37(46(41)47)33-23-25-34(26-24-33)49(45-22-11-14-32-13-3-4-15-36(32)45)35-27-28-40-38-16-6-8-21-43(38)48(44(40)31-35)29-9-10-30-48/h3-8,11-28,31H,9-10,29-30H2,1-2H3. The molecule has 236 valence electrons. The van der Waals surface area contributed by atoms with Crippen molar-refractivity contribution in [1.29, 1.82) is 0 Å². The van der Waals surface area contributed by atoms with Gasteiger partial charge < -0.3 is 4.90 Å². The molecule has 3 aliphatic carbocycles. The minimum Gasteiger partial charge on any atom is -0.310 e. The minimum absolute atomic E-state index is 0.0611. The van der Waals surface area contributed by atoms with Crippen LogP contribution in [0.4, 0.5) is 17.1 Å². The molecule has 0 atom stereocenters. The van der Waals surface area contributed by atoms with Gasteiger partial charge in [-0.25, -0.2) is 0 Å². The molecule has 0 radical (unpaired) electrons. The van der Waals surface area contributed by atoms with E-state index in [2.05, 4.69) is 170 Å². The van der Waals surface area contributed by atoms with Crippen molar-refractivity contribution in [2.75, 3.05) is 4.90 Å². The van der Waals surface area contributed by atoms with Crippen LogP contribution in [-0.2, 0) is 10.8 Å². The Labute approximate surface area is 289 Å². The SMILES string of the molecule is CC1(C)c2ccccc2-c2cccc(-c3ccc(N(c4ccc5c(c4)C4(CCCC4)c4ccccc4-5)c4cccc5ccccc45)cc3)c21. The zero-order chi connectivity index (χ0) is 32.7. The Morgan fingerprint density at radius 3 is 1.88 bits per heavy atom. The fraction of sp³-hybridized carbons (Fsp3) is 0.167. The van der Waals surface area contributed by atoms with Crippen molar-refractivity contribution in [3.8, 4) is 33.4 Å². The Morgan fingerprint density at radius 1 is 0.469 bits per heavy atom. The Balaban J connectivity index is 1.14. The summed E-state index contributed by atoms with van der Waals surface area (Å²) in [5.41, 5.74) is 17.7. The van der Waals surface area contributed by atoms with E-state index in [0.29, 0.717) is 0 Å². The maximum atomic E-state index is 2.53. The Kier molecular flexibility index (Phi) is 6.16. The summed E-state index contributed by atoms with van der Waals surface area (Å²) in [5, 5.41) is 2.51. The van der Waals surface area contributed by atoms with Crippen LogP contribution in [-0.4, -0.2) is 0 Å². The van der Waals surface area contributed by atoms with Crippen LogP contribution in [0.2, 0.25) is 0 Å². The molecule has 10 rings (SSSR count). The monoisotopic (exact) mass is 629 g/mol. The largest absolute Gasteiger partial charge is 0.310 e. The van der Waals surface area contributed by atoms with Gasteiger partial charge in [-0.3, -0.25) is 0 Å². The first-order valence-electron chi connectivity index (χ1n) is 17.9. The van der Waals surface area contributed by atoms with Crippen LogP contribution in [0.25, 0.3) is 44.2 Å². The smallest absolute Gasteiger partial charge is 0.0540 e. The average molecular weight is 630 g/mol. The van der Waals surface area contributed by atoms with E-state index in [1.165, 1.54) is 109 Å². The molecule has 3 aliphatic rings. The maximum absolute atomic E-state index is 2.53. The summed E-state index contributed by atoms with van der Waals surface area (Å²) < 4.78 is 0. The molecule has 1 fully saturated rings. The normalized spacial score (nSPS) is 16.0. The first kappa shape index (κ1) is 28.6. The lowest BCUT2D eigenvalue weighted by Crippen LogP contribution is -2.21. The number of hydrogen-bond acceptors (Lipinski definition) is 1. The van der Waals surface area contributed by atoms with E-state index < -0.39 is 0 Å². The van der Waals surface area contributed by atoms with Crippen molar-refractivity contribution in [2.24, 2.45) is 0 Å². The zero-order valence-corrected chi connectivity index (χ0v) is 28.2. The molecule has 49 heavy (non-hydrogen) atoms. The predicted octanol–water partition coefficient (Wildman–Crippen LogP) is 13.1. The molecule has 0 unspecified atom stereocenters.